The van der Waals surface area contributed by atoms with Crippen molar-refractivity contribution >= 4 is 23.6 Å². The molecule has 0 saturated heterocycles. The number of hydrogen-bond acceptors (Lipinski definition) is 4. The maximum Gasteiger partial charge on any atom is 0.262 e. The number of nitriles is 1. The molecular weight excluding hydrogens is 460 g/mol. The average Bonchev–Trinajstić information content (AvgIpc) is 3.31. The molecule has 0 atom stereocenters. The molecule has 1 amide bonds. The highest BCUT2D eigenvalue weighted by molar-refractivity contribution is 6.32. The molecule has 1 aromatic heterocycles. The lowest BCUT2D eigenvalue weighted by molar-refractivity contribution is -0.117. The van der Waals surface area contributed by atoms with Crippen LogP contribution in [0.2, 0.25) is 5.02 Å². The topological polar surface area (TPSA) is 79.9 Å². The number of benzene rings is 2. The van der Waals surface area contributed by atoms with Gasteiger partial charge in [-0.25, -0.2) is 4.68 Å². The lowest BCUT2D eigenvalue weighted by Crippen LogP contribution is -2.36. The van der Waals surface area contributed by atoms with Gasteiger partial charge >= 0.3 is 0 Å². The molecule has 0 spiro atoms. The van der Waals surface area contributed by atoms with Crippen molar-refractivity contribution in [3.8, 4) is 28.8 Å². The second-order valence-electron chi connectivity index (χ2n) is 8.69. The van der Waals surface area contributed by atoms with Gasteiger partial charge in [0.25, 0.3) is 5.91 Å². The first-order valence-electron chi connectivity index (χ1n) is 12.1. The molecule has 0 bridgehead atoms. The lowest BCUT2D eigenvalue weighted by Gasteiger charge is -2.22. The largest absolute Gasteiger partial charge is 0.492 e. The minimum absolute atomic E-state index is 0.0541. The third-order valence-electron chi connectivity index (χ3n) is 6.04. The van der Waals surface area contributed by atoms with Crippen LogP contribution in [0.3, 0.4) is 0 Å². The zero-order valence-electron chi connectivity index (χ0n) is 19.8. The van der Waals surface area contributed by atoms with E-state index in [2.05, 4.69) is 11.4 Å². The summed E-state index contributed by atoms with van der Waals surface area (Å²) in [5.74, 6) is 0.264. The number of hydrogen-bond donors (Lipinski definition) is 1. The van der Waals surface area contributed by atoms with E-state index in [1.807, 2.05) is 55.6 Å². The van der Waals surface area contributed by atoms with Crippen LogP contribution in [0.25, 0.3) is 23.0 Å². The molecule has 1 N–H and O–H groups in total. The summed E-state index contributed by atoms with van der Waals surface area (Å²) < 4.78 is 7.44. The van der Waals surface area contributed by atoms with Gasteiger partial charge < -0.3 is 10.1 Å². The molecular formula is C28H29ClN4O2. The quantitative estimate of drug-likeness (QED) is 0.296. The summed E-state index contributed by atoms with van der Waals surface area (Å²) in [4.78, 5) is 12.9. The number of amides is 1. The van der Waals surface area contributed by atoms with Gasteiger partial charge in [-0.05, 0) is 55.7 Å². The first-order chi connectivity index (χ1) is 17.1. The molecule has 0 radical (unpaired) electrons. The molecule has 1 saturated carbocycles. The maximum absolute atomic E-state index is 12.9. The van der Waals surface area contributed by atoms with Gasteiger partial charge in [0.2, 0.25) is 0 Å². The van der Waals surface area contributed by atoms with Gasteiger partial charge in [-0.2, -0.15) is 10.4 Å². The molecule has 1 fully saturated rings. The number of halogens is 1. The molecule has 0 unspecified atom stereocenters. The highest BCUT2D eigenvalue weighted by Crippen LogP contribution is 2.33. The zero-order valence-corrected chi connectivity index (χ0v) is 20.6. The molecule has 35 heavy (non-hydrogen) atoms. The Hall–Kier alpha value is -3.56. The lowest BCUT2D eigenvalue weighted by atomic mass is 9.95. The standard InChI is InChI=1S/C28H29ClN4O2/c1-2-15-35-26-14-13-20(17-25(26)29)27-22(19-33(32-27)24-11-7-4-8-12-24)16-21(18-30)28(34)31-23-9-5-3-6-10-23/h4,7-8,11-14,16-17,19,23H,2-3,5-6,9-10,15H2,1H3,(H,31,34). The minimum Gasteiger partial charge on any atom is -0.492 e. The van der Waals surface area contributed by atoms with E-state index in [1.54, 1.807) is 16.8 Å². The average molecular weight is 489 g/mol. The molecule has 1 aliphatic rings. The number of rotatable bonds is 8. The normalized spacial score (nSPS) is 14.4. The molecule has 2 aromatic carbocycles. The summed E-state index contributed by atoms with van der Waals surface area (Å²) in [7, 11) is 0. The fraction of sp³-hybridized carbons (Fsp3) is 0.321. The highest BCUT2D eigenvalue weighted by atomic mass is 35.5. The van der Waals surface area contributed by atoms with E-state index in [9.17, 15) is 10.1 Å². The molecule has 1 aliphatic carbocycles. The summed E-state index contributed by atoms with van der Waals surface area (Å²) in [6, 6.07) is 17.4. The monoisotopic (exact) mass is 488 g/mol. The Balaban J connectivity index is 1.71. The Morgan fingerprint density at radius 3 is 2.69 bits per heavy atom. The number of nitrogens with zero attached hydrogens (tertiary/aromatic N) is 3. The molecule has 3 aromatic rings. The van der Waals surface area contributed by atoms with E-state index in [0.717, 1.165) is 43.4 Å². The first-order valence-corrected chi connectivity index (χ1v) is 12.5. The summed E-state index contributed by atoms with van der Waals surface area (Å²) in [5, 5.41) is 18.1. The molecule has 1 heterocycles. The Kier molecular flexibility index (Phi) is 8.23. The van der Waals surface area contributed by atoms with Gasteiger partial charge in [-0.1, -0.05) is 56.0 Å². The molecule has 4 rings (SSSR count). The van der Waals surface area contributed by atoms with Crippen molar-refractivity contribution in [1.29, 1.82) is 5.26 Å². The van der Waals surface area contributed by atoms with Crippen molar-refractivity contribution in [1.82, 2.24) is 15.1 Å². The highest BCUT2D eigenvalue weighted by Gasteiger charge is 2.20. The van der Waals surface area contributed by atoms with Crippen molar-refractivity contribution in [2.75, 3.05) is 6.61 Å². The van der Waals surface area contributed by atoms with E-state index in [1.165, 1.54) is 6.42 Å². The van der Waals surface area contributed by atoms with E-state index in [0.29, 0.717) is 28.6 Å². The van der Waals surface area contributed by atoms with Crippen LogP contribution >= 0.6 is 11.6 Å². The summed E-state index contributed by atoms with van der Waals surface area (Å²) in [6.45, 7) is 2.62. The molecule has 180 valence electrons. The summed E-state index contributed by atoms with van der Waals surface area (Å²) >= 11 is 6.49. The smallest absolute Gasteiger partial charge is 0.262 e. The van der Waals surface area contributed by atoms with Crippen molar-refractivity contribution in [2.24, 2.45) is 0 Å². The number of nitrogens with one attached hydrogen (secondary N) is 1. The number of ether oxygens (including phenoxy) is 1. The first kappa shape index (κ1) is 24.6. The fourth-order valence-corrected chi connectivity index (χ4v) is 4.46. The SMILES string of the molecule is CCCOc1ccc(-c2nn(-c3ccccc3)cc2C=C(C#N)C(=O)NC2CCCCC2)cc1Cl. The number of carbonyl (C=O) groups is 1. The van der Waals surface area contributed by atoms with Crippen LogP contribution in [0.4, 0.5) is 0 Å². The molecule has 6 nitrogen and oxygen atoms in total. The molecule has 7 heteroatoms. The van der Waals surface area contributed by atoms with E-state index < -0.39 is 0 Å². The van der Waals surface area contributed by atoms with Crippen molar-refractivity contribution in [2.45, 2.75) is 51.5 Å². The van der Waals surface area contributed by atoms with Gasteiger partial charge in [0.1, 0.15) is 23.1 Å². The molecule has 0 aliphatic heterocycles. The van der Waals surface area contributed by atoms with Crippen LogP contribution in [0.5, 0.6) is 5.75 Å². The summed E-state index contributed by atoms with van der Waals surface area (Å²) in [6.07, 6.45) is 9.61. The van der Waals surface area contributed by atoms with Crippen molar-refractivity contribution in [3.05, 3.63) is 70.9 Å². The number of aromatic nitrogens is 2. The third-order valence-corrected chi connectivity index (χ3v) is 6.33. The second kappa shape index (κ2) is 11.7. The van der Waals surface area contributed by atoms with Crippen LogP contribution < -0.4 is 10.1 Å². The third kappa shape index (κ3) is 6.12. The Bertz CT molecular complexity index is 1240. The zero-order chi connectivity index (χ0) is 24.6. The Morgan fingerprint density at radius 2 is 2.00 bits per heavy atom. The fourth-order valence-electron chi connectivity index (χ4n) is 4.22. The van der Waals surface area contributed by atoms with E-state index in [-0.39, 0.29) is 17.5 Å². The van der Waals surface area contributed by atoms with E-state index >= 15 is 0 Å². The van der Waals surface area contributed by atoms with Crippen LogP contribution in [0.15, 0.2) is 60.3 Å². The predicted octanol–water partition coefficient (Wildman–Crippen LogP) is 6.34. The maximum atomic E-state index is 12.9. The van der Waals surface area contributed by atoms with E-state index in [4.69, 9.17) is 21.4 Å². The Morgan fingerprint density at radius 1 is 1.23 bits per heavy atom. The van der Waals surface area contributed by atoms with Gasteiger partial charge in [0.15, 0.2) is 0 Å². The van der Waals surface area contributed by atoms with Gasteiger partial charge in [0.05, 0.1) is 17.3 Å². The Labute approximate surface area is 211 Å². The van der Waals surface area contributed by atoms with Crippen LogP contribution in [0.1, 0.15) is 51.0 Å². The van der Waals surface area contributed by atoms with Gasteiger partial charge in [0, 0.05) is 23.4 Å². The van der Waals surface area contributed by atoms with Crippen LogP contribution in [-0.2, 0) is 4.79 Å². The van der Waals surface area contributed by atoms with Gasteiger partial charge in [-0.3, -0.25) is 4.79 Å². The van der Waals surface area contributed by atoms with Crippen molar-refractivity contribution in [3.63, 3.8) is 0 Å². The number of carbonyl (C=O) groups excluding carboxylic acids is 1. The van der Waals surface area contributed by atoms with Crippen molar-refractivity contribution < 1.29 is 9.53 Å². The minimum atomic E-state index is -0.348. The van der Waals surface area contributed by atoms with Gasteiger partial charge in [-0.15, -0.1) is 0 Å². The predicted molar refractivity (Wildman–Crippen MR) is 138 cm³/mol. The van der Waals surface area contributed by atoms with Crippen LogP contribution in [-0.4, -0.2) is 28.3 Å². The summed E-state index contributed by atoms with van der Waals surface area (Å²) in [5.41, 5.74) is 2.97. The van der Waals surface area contributed by atoms with Crippen LogP contribution in [0, 0.1) is 11.3 Å². The second-order valence-corrected chi connectivity index (χ2v) is 9.09. The number of para-hydroxylation sites is 1.